The van der Waals surface area contributed by atoms with Crippen molar-refractivity contribution in [2.24, 2.45) is 0 Å². The standard InChI is InChI=1S/C27H28N2O5S/c1-19-6-11-25-27(34-24-5-3-2-4-23(24)29(19)25)13-15-28(16-14-27)26(30)20-7-9-21(10-8-20)35(31,32)22-12-17-33-18-22/h2-11,22H,12-18H2,1H3/t22-/m1/s1. The molecule has 182 valence electrons. The van der Waals surface area contributed by atoms with Crippen molar-refractivity contribution in [3.63, 3.8) is 0 Å². The van der Waals surface area contributed by atoms with Crippen molar-refractivity contribution < 1.29 is 22.7 Å². The van der Waals surface area contributed by atoms with Crippen molar-refractivity contribution in [2.45, 2.75) is 41.9 Å². The number of nitrogens with zero attached hydrogens (tertiary/aromatic N) is 2. The summed E-state index contributed by atoms with van der Waals surface area (Å²) in [6, 6.07) is 18.7. The van der Waals surface area contributed by atoms with Crippen molar-refractivity contribution in [2.75, 3.05) is 26.3 Å². The first-order chi connectivity index (χ1) is 16.9. The van der Waals surface area contributed by atoms with E-state index in [9.17, 15) is 13.2 Å². The maximum Gasteiger partial charge on any atom is 0.253 e. The molecular formula is C27H28N2O5S. The Hall–Kier alpha value is -3.10. The van der Waals surface area contributed by atoms with Crippen LogP contribution < -0.4 is 4.74 Å². The molecule has 0 aliphatic carbocycles. The van der Waals surface area contributed by atoms with Gasteiger partial charge in [0.05, 0.1) is 28.1 Å². The molecule has 0 saturated carbocycles. The number of sulfone groups is 1. The Balaban J connectivity index is 1.20. The van der Waals surface area contributed by atoms with E-state index in [0.29, 0.717) is 44.5 Å². The number of amides is 1. The molecule has 7 nitrogen and oxygen atoms in total. The number of hydrogen-bond donors (Lipinski definition) is 0. The molecule has 1 spiro atoms. The first-order valence-corrected chi connectivity index (χ1v) is 13.6. The van der Waals surface area contributed by atoms with Crippen molar-refractivity contribution in [1.82, 2.24) is 9.47 Å². The van der Waals surface area contributed by atoms with Crippen LogP contribution in [0, 0.1) is 6.92 Å². The number of hydrogen-bond acceptors (Lipinski definition) is 5. The lowest BCUT2D eigenvalue weighted by Gasteiger charge is -2.45. The zero-order valence-electron chi connectivity index (χ0n) is 19.6. The van der Waals surface area contributed by atoms with Crippen molar-refractivity contribution in [3.05, 3.63) is 77.6 Å². The van der Waals surface area contributed by atoms with Crippen LogP contribution in [-0.4, -0.2) is 55.3 Å². The lowest BCUT2D eigenvalue weighted by atomic mass is 9.86. The summed E-state index contributed by atoms with van der Waals surface area (Å²) in [5.74, 6) is 0.777. The summed E-state index contributed by atoms with van der Waals surface area (Å²) in [5.41, 5.74) is 3.37. The topological polar surface area (TPSA) is 77.8 Å². The number of piperidine rings is 1. The lowest BCUT2D eigenvalue weighted by Crippen LogP contribution is -2.50. The summed E-state index contributed by atoms with van der Waals surface area (Å²) in [7, 11) is -3.44. The Morgan fingerprint density at radius 1 is 1.00 bits per heavy atom. The minimum absolute atomic E-state index is 0.0872. The van der Waals surface area contributed by atoms with E-state index in [2.05, 4.69) is 29.7 Å². The number of carbonyl (C=O) groups is 1. The van der Waals surface area contributed by atoms with E-state index in [0.717, 1.165) is 22.8 Å². The van der Waals surface area contributed by atoms with Crippen LogP contribution in [0.3, 0.4) is 0 Å². The number of rotatable bonds is 3. The Bertz CT molecular complexity index is 1380. The van der Waals surface area contributed by atoms with Crippen LogP contribution in [0.5, 0.6) is 5.75 Å². The van der Waals surface area contributed by atoms with E-state index >= 15 is 0 Å². The molecule has 0 unspecified atom stereocenters. The van der Waals surface area contributed by atoms with Gasteiger partial charge in [0.2, 0.25) is 0 Å². The van der Waals surface area contributed by atoms with Crippen LogP contribution >= 0.6 is 0 Å². The fourth-order valence-electron chi connectivity index (χ4n) is 5.55. The van der Waals surface area contributed by atoms with Gasteiger partial charge in [0.25, 0.3) is 5.91 Å². The molecule has 1 atom stereocenters. The second-order valence-electron chi connectivity index (χ2n) is 9.61. The van der Waals surface area contributed by atoms with Gasteiger partial charge in [-0.15, -0.1) is 0 Å². The van der Waals surface area contributed by atoms with Gasteiger partial charge in [0.15, 0.2) is 15.4 Å². The maximum absolute atomic E-state index is 13.2. The molecule has 35 heavy (non-hydrogen) atoms. The van der Waals surface area contributed by atoms with Crippen LogP contribution in [0.4, 0.5) is 0 Å². The van der Waals surface area contributed by atoms with Crippen LogP contribution in [0.2, 0.25) is 0 Å². The second kappa shape index (κ2) is 8.24. The average molecular weight is 493 g/mol. The van der Waals surface area contributed by atoms with Gasteiger partial charge in [-0.25, -0.2) is 8.42 Å². The van der Waals surface area contributed by atoms with E-state index in [-0.39, 0.29) is 17.4 Å². The van der Waals surface area contributed by atoms with Crippen molar-refractivity contribution >= 4 is 15.7 Å². The van der Waals surface area contributed by atoms with Crippen LogP contribution in [-0.2, 0) is 20.2 Å². The Morgan fingerprint density at radius 2 is 1.74 bits per heavy atom. The Kier molecular flexibility index (Phi) is 5.27. The molecule has 2 aromatic carbocycles. The van der Waals surface area contributed by atoms with Crippen LogP contribution in [0.25, 0.3) is 5.69 Å². The number of aryl methyl sites for hydroxylation is 1. The van der Waals surface area contributed by atoms with Gasteiger partial charge in [-0.3, -0.25) is 4.79 Å². The number of para-hydroxylation sites is 2. The molecule has 8 heteroatoms. The molecular weight excluding hydrogens is 464 g/mol. The highest BCUT2D eigenvalue weighted by Crippen LogP contribution is 2.45. The number of carbonyl (C=O) groups excluding carboxylic acids is 1. The summed E-state index contributed by atoms with van der Waals surface area (Å²) in [5, 5.41) is -0.509. The molecule has 3 aliphatic heterocycles. The highest BCUT2D eigenvalue weighted by atomic mass is 32.2. The molecule has 4 heterocycles. The molecule has 0 bridgehead atoms. The normalized spacial score (nSPS) is 20.8. The van der Waals surface area contributed by atoms with Gasteiger partial charge in [-0.1, -0.05) is 12.1 Å². The quantitative estimate of drug-likeness (QED) is 0.555. The highest BCUT2D eigenvalue weighted by Gasteiger charge is 2.45. The average Bonchev–Trinajstić information content (AvgIpc) is 3.56. The Morgan fingerprint density at radius 3 is 2.46 bits per heavy atom. The summed E-state index contributed by atoms with van der Waals surface area (Å²) in [4.78, 5) is 15.3. The molecule has 3 aromatic rings. The smallest absolute Gasteiger partial charge is 0.253 e. The predicted molar refractivity (Wildman–Crippen MR) is 131 cm³/mol. The molecule has 0 radical (unpaired) electrons. The van der Waals surface area contributed by atoms with Gasteiger partial charge in [0, 0.05) is 43.8 Å². The third-order valence-corrected chi connectivity index (χ3v) is 9.75. The molecule has 3 aliphatic rings. The van der Waals surface area contributed by atoms with E-state index in [4.69, 9.17) is 9.47 Å². The first kappa shape index (κ1) is 22.4. The van der Waals surface area contributed by atoms with E-state index in [1.807, 2.05) is 23.1 Å². The number of likely N-dealkylation sites (tertiary alicyclic amines) is 1. The number of aromatic nitrogens is 1. The van der Waals surface area contributed by atoms with Gasteiger partial charge in [0.1, 0.15) is 5.75 Å². The molecule has 1 amide bonds. The lowest BCUT2D eigenvalue weighted by molar-refractivity contribution is -0.00946. The van der Waals surface area contributed by atoms with E-state index in [1.165, 1.54) is 0 Å². The summed E-state index contributed by atoms with van der Waals surface area (Å²) < 4.78 is 39.7. The monoisotopic (exact) mass is 492 g/mol. The minimum Gasteiger partial charge on any atom is -0.479 e. The molecule has 1 aromatic heterocycles. The fraction of sp³-hybridized carbons (Fsp3) is 0.370. The van der Waals surface area contributed by atoms with Gasteiger partial charge in [-0.2, -0.15) is 0 Å². The SMILES string of the molecule is Cc1ccc2n1-c1ccccc1OC21CCN(C(=O)c2ccc(S(=O)(=O)[C@@H]3CCOC3)cc2)CC1. The zero-order valence-corrected chi connectivity index (χ0v) is 20.5. The van der Waals surface area contributed by atoms with Crippen LogP contribution in [0.1, 0.15) is 41.0 Å². The number of fused-ring (bicyclic) bond motifs is 4. The zero-order chi connectivity index (χ0) is 24.2. The largest absolute Gasteiger partial charge is 0.479 e. The predicted octanol–water partition coefficient (Wildman–Crippen LogP) is 3.87. The fourth-order valence-corrected chi connectivity index (χ4v) is 7.14. The molecule has 2 saturated heterocycles. The number of benzene rings is 2. The highest BCUT2D eigenvalue weighted by molar-refractivity contribution is 7.92. The maximum atomic E-state index is 13.2. The van der Waals surface area contributed by atoms with Gasteiger partial charge in [-0.05, 0) is 61.9 Å². The third kappa shape index (κ3) is 3.58. The third-order valence-electron chi connectivity index (χ3n) is 7.57. The first-order valence-electron chi connectivity index (χ1n) is 12.1. The molecule has 6 rings (SSSR count). The van der Waals surface area contributed by atoms with E-state index in [1.54, 1.807) is 24.3 Å². The van der Waals surface area contributed by atoms with Gasteiger partial charge < -0.3 is 18.9 Å². The number of ether oxygens (including phenoxy) is 2. The van der Waals surface area contributed by atoms with Crippen molar-refractivity contribution in [3.8, 4) is 11.4 Å². The Labute approximate surface area is 205 Å². The summed E-state index contributed by atoms with van der Waals surface area (Å²) in [6.07, 6.45) is 1.88. The summed E-state index contributed by atoms with van der Waals surface area (Å²) in [6.45, 7) is 3.92. The second-order valence-corrected chi connectivity index (χ2v) is 11.8. The van der Waals surface area contributed by atoms with Crippen LogP contribution in [0.15, 0.2) is 65.6 Å². The van der Waals surface area contributed by atoms with Gasteiger partial charge >= 0.3 is 0 Å². The molecule has 0 N–H and O–H groups in total. The minimum atomic E-state index is -3.44. The summed E-state index contributed by atoms with van der Waals surface area (Å²) >= 11 is 0. The molecule has 2 fully saturated rings. The van der Waals surface area contributed by atoms with Crippen molar-refractivity contribution in [1.29, 1.82) is 0 Å². The van der Waals surface area contributed by atoms with E-state index < -0.39 is 20.7 Å².